The van der Waals surface area contributed by atoms with Crippen LogP contribution >= 0.6 is 0 Å². The van der Waals surface area contributed by atoms with E-state index in [1.54, 1.807) is 4.90 Å². The number of hydrogen-bond acceptors (Lipinski definition) is 11. The smallest absolute Gasteiger partial charge is 0.186 e. The topological polar surface area (TPSA) is 184 Å². The Bertz CT molecular complexity index is 469. The van der Waals surface area contributed by atoms with Crippen LogP contribution in [0.3, 0.4) is 0 Å². The zero-order chi connectivity index (χ0) is 21.0. The molecule has 2 saturated heterocycles. The summed E-state index contributed by atoms with van der Waals surface area (Å²) in [4.78, 5) is 1.65. The predicted molar refractivity (Wildman–Crippen MR) is 94.0 cm³/mol. The zero-order valence-corrected chi connectivity index (χ0v) is 15.9. The average Bonchev–Trinajstić information content (AvgIpc) is 2.69. The minimum absolute atomic E-state index is 0.256. The lowest BCUT2D eigenvalue weighted by atomic mass is 9.88. The van der Waals surface area contributed by atoms with E-state index < -0.39 is 74.3 Å². The summed E-state index contributed by atoms with van der Waals surface area (Å²) in [5, 5.41) is 79.4. The van der Waals surface area contributed by atoms with Gasteiger partial charge >= 0.3 is 0 Å². The normalized spacial score (nSPS) is 45.3. The van der Waals surface area contributed by atoms with Gasteiger partial charge in [-0.25, -0.2) is 0 Å². The maximum Gasteiger partial charge on any atom is 0.186 e. The molecule has 2 heterocycles. The van der Waals surface area contributed by atoms with Crippen LogP contribution in [0.2, 0.25) is 0 Å². The number of piperidine rings is 1. The van der Waals surface area contributed by atoms with Crippen molar-refractivity contribution in [3.8, 4) is 0 Å². The molecule has 0 aromatic heterocycles. The number of aliphatic hydroxyl groups excluding tert-OH is 8. The standard InChI is InChI=1S/C17H33NO10/c1-2-3-4-18-8(5-19)11(21)14(24)12(22)9(18)7-27-17-16(26)15(25)13(23)10(6-20)28-17/h8-17,19-26H,2-7H2,1H3/t8-,9-,10-,11-,12+,13-,14+,15+,16-,17-/m1/s1. The van der Waals surface area contributed by atoms with E-state index in [0.29, 0.717) is 13.0 Å². The Labute approximate surface area is 163 Å². The van der Waals surface area contributed by atoms with Gasteiger partial charge < -0.3 is 50.3 Å². The van der Waals surface area contributed by atoms with E-state index in [1.165, 1.54) is 0 Å². The number of unbranched alkanes of at least 4 members (excludes halogenated alkanes) is 1. The lowest BCUT2D eigenvalue weighted by Gasteiger charge is -2.49. The lowest BCUT2D eigenvalue weighted by molar-refractivity contribution is -0.307. The molecule has 11 heteroatoms. The molecular formula is C17H33NO10. The SMILES string of the molecule is CCCCN1[C@H](CO[C@@H]2O[C@H](CO)[C@@H](O)[C@H](O)[C@H]2O)[C@H](O)[C@@H](O)[C@H](O)[C@H]1CO. The Hall–Kier alpha value is -0.440. The van der Waals surface area contributed by atoms with Crippen LogP contribution in [0.15, 0.2) is 0 Å². The van der Waals surface area contributed by atoms with E-state index in [1.807, 2.05) is 6.92 Å². The summed E-state index contributed by atoms with van der Waals surface area (Å²) >= 11 is 0. The summed E-state index contributed by atoms with van der Waals surface area (Å²) in [6.45, 7) is 1.08. The molecule has 0 aromatic rings. The van der Waals surface area contributed by atoms with E-state index in [9.17, 15) is 40.9 Å². The Morgan fingerprint density at radius 2 is 1.39 bits per heavy atom. The molecule has 0 radical (unpaired) electrons. The largest absolute Gasteiger partial charge is 0.395 e. The van der Waals surface area contributed by atoms with Crippen LogP contribution in [0.4, 0.5) is 0 Å². The van der Waals surface area contributed by atoms with Crippen molar-refractivity contribution in [3.63, 3.8) is 0 Å². The van der Waals surface area contributed by atoms with Crippen LogP contribution < -0.4 is 0 Å². The van der Waals surface area contributed by atoms with E-state index in [0.717, 1.165) is 6.42 Å². The van der Waals surface area contributed by atoms with Gasteiger partial charge in [0.1, 0.15) is 42.7 Å². The van der Waals surface area contributed by atoms with E-state index in [-0.39, 0.29) is 6.61 Å². The summed E-state index contributed by atoms with van der Waals surface area (Å²) in [7, 11) is 0. The number of ether oxygens (including phenoxy) is 2. The first kappa shape index (κ1) is 23.8. The van der Waals surface area contributed by atoms with Gasteiger partial charge in [0.25, 0.3) is 0 Å². The molecular weight excluding hydrogens is 378 g/mol. The van der Waals surface area contributed by atoms with Crippen LogP contribution in [-0.2, 0) is 9.47 Å². The molecule has 2 aliphatic heterocycles. The van der Waals surface area contributed by atoms with Gasteiger partial charge in [0.2, 0.25) is 0 Å². The van der Waals surface area contributed by atoms with Gasteiger partial charge in [-0.1, -0.05) is 13.3 Å². The summed E-state index contributed by atoms with van der Waals surface area (Å²) in [6.07, 6.45) is -9.92. The van der Waals surface area contributed by atoms with Crippen molar-refractivity contribution < 1.29 is 50.3 Å². The van der Waals surface area contributed by atoms with Gasteiger partial charge in [-0.05, 0) is 13.0 Å². The van der Waals surface area contributed by atoms with E-state index in [4.69, 9.17) is 9.47 Å². The molecule has 0 aromatic carbocycles. The van der Waals surface area contributed by atoms with Crippen molar-refractivity contribution in [1.29, 1.82) is 0 Å². The van der Waals surface area contributed by atoms with Crippen molar-refractivity contribution in [2.45, 2.75) is 80.9 Å². The molecule has 0 aliphatic carbocycles. The second-order valence-corrected chi connectivity index (χ2v) is 7.41. The molecule has 0 unspecified atom stereocenters. The zero-order valence-electron chi connectivity index (χ0n) is 15.9. The van der Waals surface area contributed by atoms with Gasteiger partial charge in [0.15, 0.2) is 6.29 Å². The van der Waals surface area contributed by atoms with Crippen molar-refractivity contribution in [1.82, 2.24) is 4.90 Å². The van der Waals surface area contributed by atoms with Crippen LogP contribution in [0.1, 0.15) is 19.8 Å². The maximum absolute atomic E-state index is 10.4. The van der Waals surface area contributed by atoms with Gasteiger partial charge in [0.05, 0.1) is 31.9 Å². The molecule has 2 rings (SSSR count). The second kappa shape index (κ2) is 10.5. The molecule has 0 amide bonds. The number of rotatable bonds is 8. The first-order valence-corrected chi connectivity index (χ1v) is 9.61. The highest BCUT2D eigenvalue weighted by Gasteiger charge is 2.49. The first-order chi connectivity index (χ1) is 13.3. The number of aliphatic hydroxyl groups is 8. The molecule has 0 spiro atoms. The third-order valence-corrected chi connectivity index (χ3v) is 5.58. The number of nitrogens with zero attached hydrogens (tertiary/aromatic N) is 1. The van der Waals surface area contributed by atoms with Gasteiger partial charge in [0, 0.05) is 0 Å². The Morgan fingerprint density at radius 1 is 0.786 bits per heavy atom. The summed E-state index contributed by atoms with van der Waals surface area (Å²) in [5.41, 5.74) is 0. The third kappa shape index (κ3) is 4.82. The minimum atomic E-state index is -1.60. The molecule has 8 N–H and O–H groups in total. The molecule has 11 nitrogen and oxygen atoms in total. The van der Waals surface area contributed by atoms with Gasteiger partial charge in [-0.15, -0.1) is 0 Å². The lowest BCUT2D eigenvalue weighted by Crippen LogP contribution is -2.69. The minimum Gasteiger partial charge on any atom is -0.395 e. The second-order valence-electron chi connectivity index (χ2n) is 7.41. The Morgan fingerprint density at radius 3 is 1.96 bits per heavy atom. The fraction of sp³-hybridized carbons (Fsp3) is 1.00. The highest BCUT2D eigenvalue weighted by molar-refractivity contribution is 5.00. The first-order valence-electron chi connectivity index (χ1n) is 9.61. The van der Waals surface area contributed by atoms with Crippen LogP contribution in [0.25, 0.3) is 0 Å². The van der Waals surface area contributed by atoms with Crippen molar-refractivity contribution in [2.75, 3.05) is 26.4 Å². The van der Waals surface area contributed by atoms with Gasteiger partial charge in [-0.3, -0.25) is 4.90 Å². The monoisotopic (exact) mass is 411 g/mol. The number of hydrogen-bond donors (Lipinski definition) is 8. The van der Waals surface area contributed by atoms with Crippen molar-refractivity contribution >= 4 is 0 Å². The summed E-state index contributed by atoms with van der Waals surface area (Å²) in [6, 6.07) is -1.64. The molecule has 0 saturated carbocycles. The van der Waals surface area contributed by atoms with Crippen molar-refractivity contribution in [3.05, 3.63) is 0 Å². The molecule has 28 heavy (non-hydrogen) atoms. The predicted octanol–water partition coefficient (Wildman–Crippen LogP) is -4.27. The summed E-state index contributed by atoms with van der Waals surface area (Å²) < 4.78 is 10.8. The summed E-state index contributed by atoms with van der Waals surface area (Å²) in [5.74, 6) is 0. The molecule has 2 fully saturated rings. The molecule has 10 atom stereocenters. The van der Waals surface area contributed by atoms with Gasteiger partial charge in [-0.2, -0.15) is 0 Å². The van der Waals surface area contributed by atoms with Crippen molar-refractivity contribution in [2.24, 2.45) is 0 Å². The molecule has 2 aliphatic rings. The fourth-order valence-corrected chi connectivity index (χ4v) is 3.77. The Kier molecular flexibility index (Phi) is 8.98. The highest BCUT2D eigenvalue weighted by Crippen LogP contribution is 2.27. The quantitative estimate of drug-likeness (QED) is 0.193. The number of likely N-dealkylation sites (tertiary alicyclic amines) is 1. The average molecular weight is 411 g/mol. The molecule has 0 bridgehead atoms. The molecule has 166 valence electrons. The van der Waals surface area contributed by atoms with Crippen LogP contribution in [-0.4, -0.2) is 133 Å². The van der Waals surface area contributed by atoms with E-state index in [2.05, 4.69) is 0 Å². The maximum atomic E-state index is 10.4. The third-order valence-electron chi connectivity index (χ3n) is 5.58. The van der Waals surface area contributed by atoms with Crippen LogP contribution in [0.5, 0.6) is 0 Å². The van der Waals surface area contributed by atoms with E-state index >= 15 is 0 Å². The van der Waals surface area contributed by atoms with Crippen LogP contribution in [0, 0.1) is 0 Å². The fourth-order valence-electron chi connectivity index (χ4n) is 3.77. The highest BCUT2D eigenvalue weighted by atomic mass is 16.7. The Balaban J connectivity index is 2.11.